The van der Waals surface area contributed by atoms with E-state index in [1.807, 2.05) is 7.11 Å². The number of rotatable bonds is 5. The van der Waals surface area contributed by atoms with E-state index in [1.165, 1.54) is 19.5 Å². The van der Waals surface area contributed by atoms with Crippen LogP contribution in [-0.4, -0.2) is 67.3 Å². The van der Waals surface area contributed by atoms with Crippen molar-refractivity contribution >= 4 is 0 Å². The molecule has 1 saturated carbocycles. The zero-order valence-electron chi connectivity index (χ0n) is 12.2. The van der Waals surface area contributed by atoms with Crippen molar-refractivity contribution in [1.29, 1.82) is 0 Å². The van der Waals surface area contributed by atoms with E-state index in [-0.39, 0.29) is 5.54 Å². The molecular formula is C14H29N3O. The van der Waals surface area contributed by atoms with Gasteiger partial charge in [-0.25, -0.2) is 0 Å². The standard InChI is InChI=1S/C14H29N3O/c1-4-12(2)16-5-7-17(8-6-16)14(11-15)9-13(10-14)18-3/h12-13H,4-11,15H2,1-3H3. The molecule has 2 rings (SSSR count). The van der Waals surface area contributed by atoms with E-state index in [0.29, 0.717) is 12.1 Å². The zero-order chi connectivity index (χ0) is 13.2. The van der Waals surface area contributed by atoms with Gasteiger partial charge in [-0.15, -0.1) is 0 Å². The molecule has 2 N–H and O–H groups in total. The van der Waals surface area contributed by atoms with Gasteiger partial charge in [-0.2, -0.15) is 0 Å². The molecule has 0 amide bonds. The minimum atomic E-state index is 0.238. The third-order valence-corrected chi connectivity index (χ3v) is 5.13. The highest BCUT2D eigenvalue weighted by atomic mass is 16.5. The predicted octanol–water partition coefficient (Wildman–Crippen LogP) is 0.909. The van der Waals surface area contributed by atoms with Gasteiger partial charge in [0.15, 0.2) is 0 Å². The maximum Gasteiger partial charge on any atom is 0.0607 e. The van der Waals surface area contributed by atoms with Crippen LogP contribution in [0.2, 0.25) is 0 Å². The Balaban J connectivity index is 1.85. The van der Waals surface area contributed by atoms with E-state index in [4.69, 9.17) is 10.5 Å². The lowest BCUT2D eigenvalue weighted by Gasteiger charge is -2.55. The molecule has 4 nitrogen and oxygen atoms in total. The second kappa shape index (κ2) is 5.87. The van der Waals surface area contributed by atoms with Gasteiger partial charge >= 0.3 is 0 Å². The van der Waals surface area contributed by atoms with Gasteiger partial charge in [-0.05, 0) is 26.2 Å². The number of hydrogen-bond donors (Lipinski definition) is 1. The van der Waals surface area contributed by atoms with Gasteiger partial charge in [0, 0.05) is 51.4 Å². The maximum atomic E-state index is 6.03. The summed E-state index contributed by atoms with van der Waals surface area (Å²) >= 11 is 0. The molecule has 2 fully saturated rings. The summed E-state index contributed by atoms with van der Waals surface area (Å²) in [5, 5.41) is 0. The molecule has 2 aliphatic rings. The molecule has 1 aliphatic heterocycles. The van der Waals surface area contributed by atoms with Crippen molar-refractivity contribution in [3.05, 3.63) is 0 Å². The molecule has 1 atom stereocenters. The van der Waals surface area contributed by atoms with Gasteiger partial charge in [-0.1, -0.05) is 6.92 Å². The smallest absolute Gasteiger partial charge is 0.0607 e. The summed E-state index contributed by atoms with van der Waals surface area (Å²) in [6.07, 6.45) is 3.90. The Morgan fingerprint density at radius 1 is 1.28 bits per heavy atom. The Morgan fingerprint density at radius 2 is 1.89 bits per heavy atom. The van der Waals surface area contributed by atoms with Crippen LogP contribution in [0.5, 0.6) is 0 Å². The summed E-state index contributed by atoms with van der Waals surface area (Å²) in [6.45, 7) is 10.1. The maximum absolute atomic E-state index is 6.03. The first-order valence-corrected chi connectivity index (χ1v) is 7.37. The SMILES string of the molecule is CCC(C)N1CCN(C2(CN)CC(OC)C2)CC1. The van der Waals surface area contributed by atoms with Gasteiger partial charge < -0.3 is 10.5 Å². The van der Waals surface area contributed by atoms with E-state index in [2.05, 4.69) is 23.6 Å². The van der Waals surface area contributed by atoms with Crippen LogP contribution in [0.3, 0.4) is 0 Å². The minimum Gasteiger partial charge on any atom is -0.381 e. The van der Waals surface area contributed by atoms with Gasteiger partial charge in [0.2, 0.25) is 0 Å². The van der Waals surface area contributed by atoms with Crippen LogP contribution in [0.25, 0.3) is 0 Å². The van der Waals surface area contributed by atoms with E-state index in [0.717, 1.165) is 32.5 Å². The molecule has 0 aromatic heterocycles. The summed E-state index contributed by atoms with van der Waals surface area (Å²) in [7, 11) is 1.81. The van der Waals surface area contributed by atoms with Crippen LogP contribution in [0, 0.1) is 0 Å². The lowest BCUT2D eigenvalue weighted by Crippen LogP contribution is -2.67. The van der Waals surface area contributed by atoms with E-state index >= 15 is 0 Å². The van der Waals surface area contributed by atoms with E-state index in [1.54, 1.807) is 0 Å². The molecular weight excluding hydrogens is 226 g/mol. The number of nitrogens with zero attached hydrogens (tertiary/aromatic N) is 2. The molecule has 1 saturated heterocycles. The van der Waals surface area contributed by atoms with Gasteiger partial charge in [0.25, 0.3) is 0 Å². The molecule has 0 radical (unpaired) electrons. The lowest BCUT2D eigenvalue weighted by molar-refractivity contribution is -0.101. The summed E-state index contributed by atoms with van der Waals surface area (Å²) in [5.74, 6) is 0. The first kappa shape index (κ1) is 14.3. The van der Waals surface area contributed by atoms with Crippen molar-refractivity contribution in [2.75, 3.05) is 39.8 Å². The Labute approximate surface area is 111 Å². The first-order chi connectivity index (χ1) is 8.65. The molecule has 106 valence electrons. The normalized spacial score (nSPS) is 36.3. The van der Waals surface area contributed by atoms with Crippen molar-refractivity contribution < 1.29 is 4.74 Å². The molecule has 1 heterocycles. The zero-order valence-corrected chi connectivity index (χ0v) is 12.2. The van der Waals surface area contributed by atoms with Crippen LogP contribution in [0.4, 0.5) is 0 Å². The Morgan fingerprint density at radius 3 is 2.33 bits per heavy atom. The largest absolute Gasteiger partial charge is 0.381 e. The van der Waals surface area contributed by atoms with Gasteiger partial charge in [0.1, 0.15) is 0 Å². The second-order valence-corrected chi connectivity index (χ2v) is 5.97. The van der Waals surface area contributed by atoms with Crippen LogP contribution < -0.4 is 5.73 Å². The van der Waals surface area contributed by atoms with Crippen molar-refractivity contribution in [2.45, 2.75) is 50.8 Å². The van der Waals surface area contributed by atoms with Crippen molar-refractivity contribution in [3.63, 3.8) is 0 Å². The quantitative estimate of drug-likeness (QED) is 0.793. The van der Waals surface area contributed by atoms with Crippen LogP contribution >= 0.6 is 0 Å². The monoisotopic (exact) mass is 255 g/mol. The third kappa shape index (κ3) is 2.57. The highest BCUT2D eigenvalue weighted by Gasteiger charge is 2.48. The fourth-order valence-corrected chi connectivity index (χ4v) is 3.40. The van der Waals surface area contributed by atoms with Crippen molar-refractivity contribution in [1.82, 2.24) is 9.80 Å². The average Bonchev–Trinajstić information content (AvgIpc) is 2.38. The van der Waals surface area contributed by atoms with Crippen molar-refractivity contribution in [2.24, 2.45) is 5.73 Å². The molecule has 0 bridgehead atoms. The first-order valence-electron chi connectivity index (χ1n) is 7.37. The molecule has 18 heavy (non-hydrogen) atoms. The predicted molar refractivity (Wildman–Crippen MR) is 74.7 cm³/mol. The summed E-state index contributed by atoms with van der Waals surface area (Å²) < 4.78 is 5.42. The van der Waals surface area contributed by atoms with Crippen LogP contribution in [0.1, 0.15) is 33.1 Å². The lowest BCUT2D eigenvalue weighted by atomic mass is 9.72. The van der Waals surface area contributed by atoms with Crippen molar-refractivity contribution in [3.8, 4) is 0 Å². The Kier molecular flexibility index (Phi) is 4.64. The number of nitrogens with two attached hydrogens (primary N) is 1. The molecule has 0 aromatic rings. The van der Waals surface area contributed by atoms with Gasteiger partial charge in [0.05, 0.1) is 6.10 Å². The highest BCUT2D eigenvalue weighted by molar-refractivity contribution is 5.05. The number of hydrogen-bond acceptors (Lipinski definition) is 4. The number of piperazine rings is 1. The molecule has 0 spiro atoms. The average molecular weight is 255 g/mol. The minimum absolute atomic E-state index is 0.238. The van der Waals surface area contributed by atoms with E-state index < -0.39 is 0 Å². The van der Waals surface area contributed by atoms with Gasteiger partial charge in [-0.3, -0.25) is 9.80 Å². The fourth-order valence-electron chi connectivity index (χ4n) is 3.40. The Bertz CT molecular complexity index is 258. The summed E-state index contributed by atoms with van der Waals surface area (Å²) in [6, 6.07) is 0.717. The highest BCUT2D eigenvalue weighted by Crippen LogP contribution is 2.39. The molecule has 1 unspecified atom stereocenters. The van der Waals surface area contributed by atoms with Crippen LogP contribution in [-0.2, 0) is 4.74 Å². The van der Waals surface area contributed by atoms with E-state index in [9.17, 15) is 0 Å². The fraction of sp³-hybridized carbons (Fsp3) is 1.00. The molecule has 0 aromatic carbocycles. The summed E-state index contributed by atoms with van der Waals surface area (Å²) in [5.41, 5.74) is 6.26. The van der Waals surface area contributed by atoms with Crippen LogP contribution in [0.15, 0.2) is 0 Å². The topological polar surface area (TPSA) is 41.7 Å². The number of methoxy groups -OCH3 is 1. The second-order valence-electron chi connectivity index (χ2n) is 5.97. The Hall–Kier alpha value is -0.160. The third-order valence-electron chi connectivity index (χ3n) is 5.13. The molecule has 1 aliphatic carbocycles. The molecule has 4 heteroatoms. The number of ether oxygens (including phenoxy) is 1. The summed E-state index contributed by atoms with van der Waals surface area (Å²) in [4.78, 5) is 5.22.